The van der Waals surface area contributed by atoms with E-state index in [1.165, 1.54) is 35.5 Å². The van der Waals surface area contributed by atoms with Crippen molar-refractivity contribution in [2.24, 2.45) is 14.1 Å². The van der Waals surface area contributed by atoms with Crippen LogP contribution in [0.2, 0.25) is 0 Å². The topological polar surface area (TPSA) is 82.3 Å². The number of aromatic nitrogens is 2. The molecule has 1 aromatic heterocycles. The van der Waals surface area contributed by atoms with E-state index in [1.807, 2.05) is 24.3 Å². The SMILES string of the molecule is Cn1cc(/C=C/C(=O)NCCOc2ccc(C(C)(C)C)cc2)c(=O)n(C)c1=O. The number of benzene rings is 1. The molecule has 1 aromatic carbocycles. The standard InChI is InChI=1S/C21H27N3O4/c1-21(2,3)16-7-9-17(10-8-16)28-13-12-22-18(25)11-6-15-14-23(4)20(27)24(5)19(15)26/h6-11,14H,12-13H2,1-5H3,(H,22,25)/b11-6+. The van der Waals surface area contributed by atoms with E-state index in [4.69, 9.17) is 4.74 Å². The lowest BCUT2D eigenvalue weighted by Crippen LogP contribution is -2.37. The van der Waals surface area contributed by atoms with Crippen molar-refractivity contribution >= 4 is 12.0 Å². The van der Waals surface area contributed by atoms with Crippen molar-refractivity contribution in [1.82, 2.24) is 14.5 Å². The molecule has 0 spiro atoms. The van der Waals surface area contributed by atoms with Gasteiger partial charge in [-0.05, 0) is 29.2 Å². The molecular weight excluding hydrogens is 358 g/mol. The van der Waals surface area contributed by atoms with E-state index in [-0.39, 0.29) is 16.9 Å². The van der Waals surface area contributed by atoms with Gasteiger partial charge >= 0.3 is 5.69 Å². The average molecular weight is 385 g/mol. The van der Waals surface area contributed by atoms with Crippen LogP contribution in [-0.4, -0.2) is 28.2 Å². The van der Waals surface area contributed by atoms with E-state index in [0.29, 0.717) is 13.2 Å². The molecule has 0 aliphatic heterocycles. The molecule has 1 heterocycles. The van der Waals surface area contributed by atoms with Crippen LogP contribution in [0, 0.1) is 0 Å². The molecule has 0 aliphatic rings. The number of aryl methyl sites for hydroxylation is 1. The van der Waals surface area contributed by atoms with Gasteiger partial charge in [0.2, 0.25) is 5.91 Å². The zero-order valence-electron chi connectivity index (χ0n) is 17.0. The molecule has 0 fully saturated rings. The lowest BCUT2D eigenvalue weighted by Gasteiger charge is -2.19. The van der Waals surface area contributed by atoms with Crippen LogP contribution < -0.4 is 21.3 Å². The maximum Gasteiger partial charge on any atom is 0.330 e. The molecule has 0 unspecified atom stereocenters. The molecule has 0 atom stereocenters. The minimum absolute atomic E-state index is 0.0882. The molecule has 28 heavy (non-hydrogen) atoms. The van der Waals surface area contributed by atoms with Crippen LogP contribution in [-0.2, 0) is 24.3 Å². The van der Waals surface area contributed by atoms with Crippen LogP contribution in [0.15, 0.2) is 46.1 Å². The molecule has 1 amide bonds. The molecule has 0 saturated carbocycles. The van der Waals surface area contributed by atoms with E-state index in [2.05, 4.69) is 26.1 Å². The van der Waals surface area contributed by atoms with E-state index in [9.17, 15) is 14.4 Å². The predicted octanol–water partition coefficient (Wildman–Crippen LogP) is 1.59. The monoisotopic (exact) mass is 385 g/mol. The van der Waals surface area contributed by atoms with Crippen molar-refractivity contribution in [2.45, 2.75) is 26.2 Å². The normalized spacial score (nSPS) is 11.6. The summed E-state index contributed by atoms with van der Waals surface area (Å²) in [5, 5.41) is 2.69. The number of nitrogens with zero attached hydrogens (tertiary/aromatic N) is 2. The second-order valence-corrected chi connectivity index (χ2v) is 7.59. The summed E-state index contributed by atoms with van der Waals surface area (Å²) in [6, 6.07) is 7.89. The molecule has 7 heteroatoms. The van der Waals surface area contributed by atoms with Crippen molar-refractivity contribution in [1.29, 1.82) is 0 Å². The van der Waals surface area contributed by atoms with Gasteiger partial charge in [-0.25, -0.2) is 4.79 Å². The summed E-state index contributed by atoms with van der Waals surface area (Å²) < 4.78 is 7.91. The zero-order chi connectivity index (χ0) is 20.9. The van der Waals surface area contributed by atoms with Gasteiger partial charge in [0.25, 0.3) is 5.56 Å². The van der Waals surface area contributed by atoms with Gasteiger partial charge in [0, 0.05) is 26.4 Å². The summed E-state index contributed by atoms with van der Waals surface area (Å²) in [6.45, 7) is 7.11. The van der Waals surface area contributed by atoms with E-state index in [1.54, 1.807) is 7.05 Å². The molecule has 7 nitrogen and oxygen atoms in total. The van der Waals surface area contributed by atoms with Crippen molar-refractivity contribution in [3.8, 4) is 5.75 Å². The van der Waals surface area contributed by atoms with Crippen LogP contribution >= 0.6 is 0 Å². The molecule has 0 bridgehead atoms. The minimum atomic E-state index is -0.450. The Morgan fingerprint density at radius 2 is 1.79 bits per heavy atom. The number of carbonyl (C=O) groups is 1. The molecule has 1 N–H and O–H groups in total. The number of rotatable bonds is 6. The Labute approximate surface area is 164 Å². The number of hydrogen-bond acceptors (Lipinski definition) is 4. The highest BCUT2D eigenvalue weighted by molar-refractivity contribution is 5.91. The third kappa shape index (κ3) is 5.45. The van der Waals surface area contributed by atoms with Crippen LogP contribution in [0.25, 0.3) is 6.08 Å². The number of amides is 1. The second-order valence-electron chi connectivity index (χ2n) is 7.59. The van der Waals surface area contributed by atoms with Gasteiger partial charge in [0.05, 0.1) is 12.1 Å². The van der Waals surface area contributed by atoms with Gasteiger partial charge < -0.3 is 14.6 Å². The minimum Gasteiger partial charge on any atom is -0.492 e. The Hall–Kier alpha value is -3.09. The van der Waals surface area contributed by atoms with Crippen LogP contribution in [0.5, 0.6) is 5.75 Å². The first kappa shape index (κ1) is 21.2. The summed E-state index contributed by atoms with van der Waals surface area (Å²) in [4.78, 5) is 35.6. The van der Waals surface area contributed by atoms with Gasteiger partial charge in [-0.2, -0.15) is 0 Å². The van der Waals surface area contributed by atoms with Crippen LogP contribution in [0.3, 0.4) is 0 Å². The highest BCUT2D eigenvalue weighted by atomic mass is 16.5. The lowest BCUT2D eigenvalue weighted by atomic mass is 9.87. The summed E-state index contributed by atoms with van der Waals surface area (Å²) in [5.74, 6) is 0.397. The second kappa shape index (κ2) is 8.73. The van der Waals surface area contributed by atoms with E-state index >= 15 is 0 Å². The molecule has 2 rings (SSSR count). The van der Waals surface area contributed by atoms with Crippen LogP contribution in [0.1, 0.15) is 31.9 Å². The van der Waals surface area contributed by atoms with Gasteiger partial charge in [-0.1, -0.05) is 32.9 Å². The third-order valence-corrected chi connectivity index (χ3v) is 4.28. The number of carbonyl (C=O) groups excluding carboxylic acids is 1. The Morgan fingerprint density at radius 1 is 1.14 bits per heavy atom. The fraction of sp³-hybridized carbons (Fsp3) is 0.381. The van der Waals surface area contributed by atoms with E-state index in [0.717, 1.165) is 10.3 Å². The number of hydrogen-bond donors (Lipinski definition) is 1. The molecule has 0 saturated heterocycles. The highest BCUT2D eigenvalue weighted by Crippen LogP contribution is 2.24. The first-order valence-corrected chi connectivity index (χ1v) is 9.05. The fourth-order valence-electron chi connectivity index (χ4n) is 2.57. The maximum absolute atomic E-state index is 12.0. The van der Waals surface area contributed by atoms with Gasteiger partial charge in [-0.15, -0.1) is 0 Å². The largest absolute Gasteiger partial charge is 0.492 e. The summed E-state index contributed by atoms with van der Waals surface area (Å²) in [7, 11) is 2.94. The number of ether oxygens (including phenoxy) is 1. The quantitative estimate of drug-likeness (QED) is 0.605. The van der Waals surface area contributed by atoms with Crippen molar-refractivity contribution in [2.75, 3.05) is 13.2 Å². The van der Waals surface area contributed by atoms with Crippen molar-refractivity contribution in [3.05, 3.63) is 68.5 Å². The highest BCUT2D eigenvalue weighted by Gasteiger charge is 2.12. The fourth-order valence-corrected chi connectivity index (χ4v) is 2.57. The zero-order valence-corrected chi connectivity index (χ0v) is 17.0. The van der Waals surface area contributed by atoms with Crippen molar-refractivity contribution < 1.29 is 9.53 Å². The van der Waals surface area contributed by atoms with Gasteiger partial charge in [-0.3, -0.25) is 14.2 Å². The molecular formula is C21H27N3O4. The van der Waals surface area contributed by atoms with Crippen LogP contribution in [0.4, 0.5) is 0 Å². The Morgan fingerprint density at radius 3 is 2.39 bits per heavy atom. The van der Waals surface area contributed by atoms with Crippen molar-refractivity contribution in [3.63, 3.8) is 0 Å². The Bertz CT molecular complexity index is 977. The lowest BCUT2D eigenvalue weighted by molar-refractivity contribution is -0.116. The summed E-state index contributed by atoms with van der Waals surface area (Å²) in [6.07, 6.45) is 4.06. The summed E-state index contributed by atoms with van der Waals surface area (Å²) in [5.41, 5.74) is 0.705. The molecule has 0 radical (unpaired) electrons. The average Bonchev–Trinajstić information content (AvgIpc) is 2.65. The van der Waals surface area contributed by atoms with Gasteiger partial charge in [0.15, 0.2) is 0 Å². The maximum atomic E-state index is 12.0. The molecule has 2 aromatic rings. The Kier molecular flexibility index (Phi) is 6.62. The van der Waals surface area contributed by atoms with E-state index < -0.39 is 11.2 Å². The Balaban J connectivity index is 1.84. The first-order valence-electron chi connectivity index (χ1n) is 9.05. The summed E-state index contributed by atoms with van der Waals surface area (Å²) >= 11 is 0. The first-order chi connectivity index (χ1) is 13.1. The molecule has 0 aliphatic carbocycles. The predicted molar refractivity (Wildman–Crippen MR) is 110 cm³/mol. The number of nitrogens with one attached hydrogen (secondary N) is 1. The smallest absolute Gasteiger partial charge is 0.330 e. The third-order valence-electron chi connectivity index (χ3n) is 4.28. The molecule has 150 valence electrons. The van der Waals surface area contributed by atoms with Gasteiger partial charge in [0.1, 0.15) is 12.4 Å².